The molecule has 28 heavy (non-hydrogen) atoms. The average molecular weight is 380 g/mol. The maximum absolute atomic E-state index is 4.62. The number of benzene rings is 1. The number of fused-ring (bicyclic) bond motifs is 1. The first kappa shape index (κ1) is 19.7. The van der Waals surface area contributed by atoms with Crippen molar-refractivity contribution in [2.45, 2.75) is 26.4 Å². The lowest BCUT2D eigenvalue weighted by molar-refractivity contribution is 0.624. The zero-order valence-corrected chi connectivity index (χ0v) is 17.1. The van der Waals surface area contributed by atoms with Gasteiger partial charge in [-0.1, -0.05) is 18.2 Å². The molecule has 0 radical (unpaired) electrons. The van der Waals surface area contributed by atoms with Crippen LogP contribution >= 0.6 is 0 Å². The predicted molar refractivity (Wildman–Crippen MR) is 116 cm³/mol. The second-order valence-electron chi connectivity index (χ2n) is 6.89. The first-order valence-corrected chi connectivity index (χ1v) is 9.58. The Morgan fingerprint density at radius 2 is 1.89 bits per heavy atom. The van der Waals surface area contributed by atoms with Crippen LogP contribution in [0.3, 0.4) is 0 Å². The summed E-state index contributed by atoms with van der Waals surface area (Å²) in [6.07, 6.45) is 0.982. The van der Waals surface area contributed by atoms with Crippen LogP contribution in [0.2, 0.25) is 0 Å². The topological polar surface area (TPSA) is 70.4 Å². The van der Waals surface area contributed by atoms with E-state index >= 15 is 0 Å². The molecule has 1 aromatic carbocycles. The van der Waals surface area contributed by atoms with Crippen molar-refractivity contribution in [1.29, 1.82) is 0 Å². The number of aliphatic imine (C=N–C) groups is 1. The van der Waals surface area contributed by atoms with Gasteiger partial charge in [0.15, 0.2) is 5.96 Å². The first-order valence-electron chi connectivity index (χ1n) is 9.58. The molecule has 0 aliphatic heterocycles. The minimum Gasteiger partial charge on any atom is -0.363 e. The second-order valence-corrected chi connectivity index (χ2v) is 6.89. The molecule has 3 rings (SSSR count). The molecule has 2 N–H and O–H groups in total. The summed E-state index contributed by atoms with van der Waals surface area (Å²) in [6, 6.07) is 14.3. The fourth-order valence-corrected chi connectivity index (χ4v) is 3.13. The third-order valence-electron chi connectivity index (χ3n) is 4.61. The molecule has 0 amide bonds. The van der Waals surface area contributed by atoms with Gasteiger partial charge >= 0.3 is 0 Å². The van der Waals surface area contributed by atoms with E-state index in [1.165, 1.54) is 5.52 Å². The fraction of sp³-hybridized carbons (Fsp3) is 0.381. The number of rotatable bonds is 7. The van der Waals surface area contributed by atoms with Gasteiger partial charge in [-0.05, 0) is 37.6 Å². The van der Waals surface area contributed by atoms with Crippen LogP contribution in [0.1, 0.15) is 17.9 Å². The minimum absolute atomic E-state index is 0.632. The van der Waals surface area contributed by atoms with Crippen molar-refractivity contribution >= 4 is 22.8 Å². The molecule has 0 atom stereocenters. The molecular weight excluding hydrogens is 350 g/mol. The van der Waals surface area contributed by atoms with Gasteiger partial charge in [0.25, 0.3) is 0 Å². The van der Waals surface area contributed by atoms with Crippen molar-refractivity contribution in [3.63, 3.8) is 0 Å². The van der Waals surface area contributed by atoms with E-state index in [9.17, 15) is 0 Å². The quantitative estimate of drug-likeness (QED) is 0.375. The highest BCUT2D eigenvalue weighted by molar-refractivity contribution is 5.79. The molecule has 0 spiro atoms. The van der Waals surface area contributed by atoms with Gasteiger partial charge in [0, 0.05) is 34.2 Å². The molecule has 0 saturated carbocycles. The van der Waals surface area contributed by atoms with E-state index in [2.05, 4.69) is 55.3 Å². The third-order valence-corrected chi connectivity index (χ3v) is 4.61. The zero-order chi connectivity index (χ0) is 19.9. The molecule has 7 nitrogen and oxygen atoms in total. The minimum atomic E-state index is 0.632. The molecule has 0 fully saturated rings. The Labute approximate surface area is 166 Å². The van der Waals surface area contributed by atoms with Crippen molar-refractivity contribution < 1.29 is 0 Å². The Hall–Kier alpha value is -3.09. The number of pyridine rings is 1. The Morgan fingerprint density at radius 1 is 1.07 bits per heavy atom. The Kier molecular flexibility index (Phi) is 6.47. The molecular formula is C21H29N7. The van der Waals surface area contributed by atoms with Crippen LogP contribution in [-0.4, -0.2) is 48.2 Å². The monoisotopic (exact) mass is 379 g/mol. The van der Waals surface area contributed by atoms with E-state index in [-0.39, 0.29) is 0 Å². The lowest BCUT2D eigenvalue weighted by Crippen LogP contribution is -2.37. The summed E-state index contributed by atoms with van der Waals surface area (Å²) in [5.74, 6) is 2.78. The van der Waals surface area contributed by atoms with Crippen LogP contribution in [0.4, 0.5) is 5.82 Å². The van der Waals surface area contributed by atoms with Crippen LogP contribution in [0.5, 0.6) is 0 Å². The number of anilines is 1. The number of aromatic nitrogens is 3. The van der Waals surface area contributed by atoms with Gasteiger partial charge in [-0.2, -0.15) is 0 Å². The van der Waals surface area contributed by atoms with Crippen molar-refractivity contribution in [3.05, 3.63) is 54.0 Å². The highest BCUT2D eigenvalue weighted by Crippen LogP contribution is 2.15. The van der Waals surface area contributed by atoms with Crippen molar-refractivity contribution in [1.82, 2.24) is 25.2 Å². The van der Waals surface area contributed by atoms with Crippen LogP contribution in [0, 0.1) is 6.92 Å². The van der Waals surface area contributed by atoms with E-state index in [4.69, 9.17) is 0 Å². The van der Waals surface area contributed by atoms with Gasteiger partial charge in [-0.15, -0.1) is 0 Å². The van der Waals surface area contributed by atoms with Crippen molar-refractivity contribution in [3.8, 4) is 0 Å². The predicted octanol–water partition coefficient (Wildman–Crippen LogP) is 2.56. The fourth-order valence-electron chi connectivity index (χ4n) is 3.13. The van der Waals surface area contributed by atoms with Crippen LogP contribution < -0.4 is 15.5 Å². The average Bonchev–Trinajstić information content (AvgIpc) is 3.02. The second kappa shape index (κ2) is 9.21. The van der Waals surface area contributed by atoms with E-state index in [1.807, 2.05) is 43.3 Å². The summed E-state index contributed by atoms with van der Waals surface area (Å²) in [5, 5.41) is 6.70. The molecule has 0 saturated heterocycles. The first-order chi connectivity index (χ1) is 13.6. The zero-order valence-electron chi connectivity index (χ0n) is 17.1. The number of hydrogen-bond acceptors (Lipinski definition) is 4. The molecule has 3 aromatic rings. The largest absolute Gasteiger partial charge is 0.363 e. The third kappa shape index (κ3) is 4.79. The summed E-state index contributed by atoms with van der Waals surface area (Å²) >= 11 is 0. The maximum atomic E-state index is 4.62. The summed E-state index contributed by atoms with van der Waals surface area (Å²) in [5.41, 5.74) is 3.22. The molecule has 7 heteroatoms. The van der Waals surface area contributed by atoms with Crippen molar-refractivity contribution in [2.75, 3.05) is 32.6 Å². The van der Waals surface area contributed by atoms with E-state index < -0.39 is 0 Å². The highest BCUT2D eigenvalue weighted by atomic mass is 15.2. The van der Waals surface area contributed by atoms with Crippen LogP contribution in [-0.2, 0) is 13.1 Å². The van der Waals surface area contributed by atoms with Gasteiger partial charge in [-0.3, -0.25) is 4.99 Å². The van der Waals surface area contributed by atoms with Gasteiger partial charge in [0.1, 0.15) is 11.6 Å². The standard InChI is InChI=1S/C21H29N7/c1-16-25-18-10-5-6-11-19(18)28(16)14-8-13-23-21(22-2)24-15-17-9-7-12-20(26-17)27(3)4/h5-7,9-12H,8,13-15H2,1-4H3,(H2,22,23,24). The number of aryl methyl sites for hydroxylation is 2. The van der Waals surface area contributed by atoms with Gasteiger partial charge in [0.05, 0.1) is 23.3 Å². The summed E-state index contributed by atoms with van der Waals surface area (Å²) < 4.78 is 2.27. The number of nitrogens with one attached hydrogen (secondary N) is 2. The van der Waals surface area contributed by atoms with Crippen molar-refractivity contribution in [2.24, 2.45) is 4.99 Å². The van der Waals surface area contributed by atoms with Gasteiger partial charge in [-0.25, -0.2) is 9.97 Å². The van der Waals surface area contributed by atoms with Crippen LogP contribution in [0.25, 0.3) is 11.0 Å². The molecule has 2 heterocycles. The summed E-state index contributed by atoms with van der Waals surface area (Å²) in [6.45, 7) is 4.44. The Bertz CT molecular complexity index is 943. The number of para-hydroxylation sites is 2. The number of imidazole rings is 1. The highest BCUT2D eigenvalue weighted by Gasteiger charge is 2.06. The normalized spacial score (nSPS) is 11.6. The number of hydrogen-bond donors (Lipinski definition) is 2. The SMILES string of the molecule is CN=C(NCCCn1c(C)nc2ccccc21)NCc1cccc(N(C)C)n1. The smallest absolute Gasteiger partial charge is 0.191 e. The van der Waals surface area contributed by atoms with Crippen LogP contribution in [0.15, 0.2) is 47.5 Å². The Morgan fingerprint density at radius 3 is 2.68 bits per heavy atom. The van der Waals surface area contributed by atoms with E-state index in [1.54, 1.807) is 7.05 Å². The molecule has 0 unspecified atom stereocenters. The van der Waals surface area contributed by atoms with E-state index in [0.717, 1.165) is 48.3 Å². The lowest BCUT2D eigenvalue weighted by atomic mass is 10.3. The molecule has 0 aliphatic rings. The molecule has 148 valence electrons. The number of guanidine groups is 1. The van der Waals surface area contributed by atoms with E-state index in [0.29, 0.717) is 6.54 Å². The van der Waals surface area contributed by atoms with Gasteiger partial charge < -0.3 is 20.1 Å². The lowest BCUT2D eigenvalue weighted by Gasteiger charge is -2.14. The summed E-state index contributed by atoms with van der Waals surface area (Å²) in [7, 11) is 5.77. The molecule has 2 aromatic heterocycles. The molecule has 0 bridgehead atoms. The van der Waals surface area contributed by atoms with Gasteiger partial charge in [0.2, 0.25) is 0 Å². The molecule has 0 aliphatic carbocycles. The Balaban J connectivity index is 1.48. The maximum Gasteiger partial charge on any atom is 0.191 e. The summed E-state index contributed by atoms with van der Waals surface area (Å²) in [4.78, 5) is 15.5. The number of nitrogens with zero attached hydrogens (tertiary/aromatic N) is 5.